The molecule has 2 nitrogen and oxygen atoms in total. The average molecular weight is 245 g/mol. The maximum atomic E-state index is 6.04. The van der Waals surface area contributed by atoms with Gasteiger partial charge >= 0.3 is 7.12 Å². The van der Waals surface area contributed by atoms with Crippen LogP contribution in [0.4, 0.5) is 0 Å². The third-order valence-corrected chi connectivity index (χ3v) is 4.57. The Morgan fingerprint density at radius 3 is 2.25 bits per heavy atom. The minimum Gasteiger partial charge on any atom is -0.403 e. The van der Waals surface area contributed by atoms with E-state index in [0.717, 1.165) is 18.2 Å². The largest absolute Gasteiger partial charge is 0.461 e. The third-order valence-electron chi connectivity index (χ3n) is 4.31. The lowest BCUT2D eigenvalue weighted by Gasteiger charge is -2.32. The van der Waals surface area contributed by atoms with Crippen LogP contribution in [0.25, 0.3) is 0 Å². The Morgan fingerprint density at radius 2 is 1.75 bits per heavy atom. The van der Waals surface area contributed by atoms with Crippen molar-refractivity contribution in [1.82, 2.24) is 0 Å². The molecule has 1 aliphatic heterocycles. The first-order valence-electron chi connectivity index (χ1n) is 6.29. The summed E-state index contributed by atoms with van der Waals surface area (Å²) in [6, 6.07) is 0. The topological polar surface area (TPSA) is 18.5 Å². The van der Waals surface area contributed by atoms with E-state index in [1.807, 2.05) is 0 Å². The zero-order valence-corrected chi connectivity index (χ0v) is 11.5. The summed E-state index contributed by atoms with van der Waals surface area (Å²) in [6.07, 6.45) is 3.58. The third kappa shape index (κ3) is 2.27. The first-order valence-corrected chi connectivity index (χ1v) is 6.82. The van der Waals surface area contributed by atoms with Gasteiger partial charge in [0.25, 0.3) is 0 Å². The minimum absolute atomic E-state index is 0.00493. The smallest absolute Gasteiger partial charge is 0.403 e. The number of rotatable bonds is 4. The fraction of sp³-hybridized carbons (Fsp3) is 1.00. The lowest BCUT2D eigenvalue weighted by Crippen LogP contribution is -2.41. The summed E-state index contributed by atoms with van der Waals surface area (Å²) >= 11 is 5.71. The Bertz CT molecular complexity index is 252. The van der Waals surface area contributed by atoms with Crippen LogP contribution in [0.3, 0.4) is 0 Å². The van der Waals surface area contributed by atoms with Gasteiger partial charge < -0.3 is 9.31 Å². The summed E-state index contributed by atoms with van der Waals surface area (Å²) in [7, 11) is 0.00493. The molecule has 0 spiro atoms. The van der Waals surface area contributed by atoms with Crippen molar-refractivity contribution in [2.45, 2.75) is 64.0 Å². The van der Waals surface area contributed by atoms with Gasteiger partial charge in [-0.3, -0.25) is 0 Å². The van der Waals surface area contributed by atoms with Gasteiger partial charge in [-0.1, -0.05) is 0 Å². The zero-order valence-electron chi connectivity index (χ0n) is 10.8. The van der Waals surface area contributed by atoms with Gasteiger partial charge in [-0.25, -0.2) is 0 Å². The predicted molar refractivity (Wildman–Crippen MR) is 67.9 cm³/mol. The van der Waals surface area contributed by atoms with E-state index in [1.54, 1.807) is 0 Å². The van der Waals surface area contributed by atoms with E-state index in [9.17, 15) is 0 Å². The van der Waals surface area contributed by atoms with Crippen molar-refractivity contribution < 1.29 is 9.31 Å². The van der Waals surface area contributed by atoms with Crippen LogP contribution in [0, 0.1) is 5.92 Å². The maximum Gasteiger partial charge on any atom is 0.461 e. The monoisotopic (exact) mass is 244 g/mol. The minimum atomic E-state index is -0.183. The van der Waals surface area contributed by atoms with E-state index in [0.29, 0.717) is 5.82 Å². The summed E-state index contributed by atoms with van der Waals surface area (Å²) in [4.78, 5) is 0. The molecule has 0 aromatic carbocycles. The van der Waals surface area contributed by atoms with Crippen molar-refractivity contribution in [3.63, 3.8) is 0 Å². The molecule has 1 saturated carbocycles. The molecule has 92 valence electrons. The van der Waals surface area contributed by atoms with Gasteiger partial charge in [0.05, 0.1) is 11.2 Å². The number of hydrogen-bond donors (Lipinski definition) is 0. The molecule has 1 aliphatic carbocycles. The van der Waals surface area contributed by atoms with Gasteiger partial charge in [0, 0.05) is 5.88 Å². The predicted octanol–water partition coefficient (Wildman–Crippen LogP) is 3.49. The zero-order chi connectivity index (χ0) is 12.0. The Kier molecular flexibility index (Phi) is 3.33. The molecule has 16 heavy (non-hydrogen) atoms. The SMILES string of the molecule is CC1(C)OB([C@H]2C[C@H]2CCCCl)OC1(C)C. The summed E-state index contributed by atoms with van der Waals surface area (Å²) in [6.45, 7) is 8.46. The van der Waals surface area contributed by atoms with E-state index >= 15 is 0 Å². The van der Waals surface area contributed by atoms with Crippen molar-refractivity contribution in [2.24, 2.45) is 5.92 Å². The summed E-state index contributed by atoms with van der Waals surface area (Å²) in [5.74, 6) is 2.14. The Labute approximate surface area is 104 Å². The highest BCUT2D eigenvalue weighted by Crippen LogP contribution is 2.54. The van der Waals surface area contributed by atoms with Crippen LogP contribution < -0.4 is 0 Å². The van der Waals surface area contributed by atoms with Crippen molar-refractivity contribution in [3.8, 4) is 0 Å². The van der Waals surface area contributed by atoms with E-state index in [-0.39, 0.29) is 18.3 Å². The highest BCUT2D eigenvalue weighted by Gasteiger charge is 2.59. The molecule has 4 heteroatoms. The number of alkyl halides is 1. The molecule has 0 radical (unpaired) electrons. The van der Waals surface area contributed by atoms with Crippen LogP contribution in [0.1, 0.15) is 47.0 Å². The van der Waals surface area contributed by atoms with E-state index in [4.69, 9.17) is 20.9 Å². The molecule has 0 unspecified atom stereocenters. The molecule has 2 atom stereocenters. The number of hydrogen-bond acceptors (Lipinski definition) is 2. The van der Waals surface area contributed by atoms with Crippen LogP contribution in [-0.2, 0) is 9.31 Å². The fourth-order valence-corrected chi connectivity index (χ4v) is 2.49. The van der Waals surface area contributed by atoms with Gasteiger partial charge in [0.1, 0.15) is 0 Å². The molecule has 0 N–H and O–H groups in total. The van der Waals surface area contributed by atoms with E-state index in [2.05, 4.69) is 27.7 Å². The Morgan fingerprint density at radius 1 is 1.19 bits per heavy atom. The maximum absolute atomic E-state index is 6.04. The Balaban J connectivity index is 1.86. The molecule has 0 aromatic heterocycles. The summed E-state index contributed by atoms with van der Waals surface area (Å²) in [5, 5.41) is 0. The van der Waals surface area contributed by atoms with Crippen LogP contribution in [-0.4, -0.2) is 24.2 Å². The summed E-state index contributed by atoms with van der Waals surface area (Å²) < 4.78 is 12.1. The fourth-order valence-electron chi connectivity index (χ4n) is 2.34. The molecule has 2 aliphatic rings. The van der Waals surface area contributed by atoms with Crippen molar-refractivity contribution in [1.29, 1.82) is 0 Å². The molecule has 1 heterocycles. The normalized spacial score (nSPS) is 35.4. The Hall–Kier alpha value is 0.275. The highest BCUT2D eigenvalue weighted by molar-refractivity contribution is 6.48. The van der Waals surface area contributed by atoms with Gasteiger partial charge in [-0.2, -0.15) is 0 Å². The molecule has 0 amide bonds. The van der Waals surface area contributed by atoms with Crippen molar-refractivity contribution in [3.05, 3.63) is 0 Å². The number of halogens is 1. The highest BCUT2D eigenvalue weighted by atomic mass is 35.5. The first kappa shape index (κ1) is 12.7. The molecular weight excluding hydrogens is 222 g/mol. The van der Waals surface area contributed by atoms with Gasteiger partial charge in [-0.15, -0.1) is 11.6 Å². The van der Waals surface area contributed by atoms with E-state index < -0.39 is 0 Å². The molecule has 1 saturated heterocycles. The van der Waals surface area contributed by atoms with Gasteiger partial charge in [-0.05, 0) is 58.7 Å². The van der Waals surface area contributed by atoms with Gasteiger partial charge in [0.15, 0.2) is 0 Å². The van der Waals surface area contributed by atoms with E-state index in [1.165, 1.54) is 12.8 Å². The lowest BCUT2D eigenvalue weighted by atomic mass is 9.80. The second-order valence-corrected chi connectivity index (χ2v) is 6.49. The standard InChI is InChI=1S/C12H22BClO2/c1-11(2)12(3,4)16-13(15-11)10-8-9(10)6-5-7-14/h9-10H,5-8H2,1-4H3/t9-,10+/m1/s1. The van der Waals surface area contributed by atoms with Crippen molar-refractivity contribution in [2.75, 3.05) is 5.88 Å². The van der Waals surface area contributed by atoms with Crippen molar-refractivity contribution >= 4 is 18.7 Å². The van der Waals surface area contributed by atoms with Gasteiger partial charge in [0.2, 0.25) is 0 Å². The molecule has 2 fully saturated rings. The van der Waals surface area contributed by atoms with Crippen LogP contribution in [0.2, 0.25) is 5.82 Å². The van der Waals surface area contributed by atoms with Crippen LogP contribution >= 0.6 is 11.6 Å². The second kappa shape index (κ2) is 4.18. The molecule has 0 bridgehead atoms. The molecular formula is C12H22BClO2. The summed E-state index contributed by atoms with van der Waals surface area (Å²) in [5.41, 5.74) is -0.366. The lowest BCUT2D eigenvalue weighted by molar-refractivity contribution is 0.00578. The van der Waals surface area contributed by atoms with Crippen LogP contribution in [0.5, 0.6) is 0 Å². The second-order valence-electron chi connectivity index (χ2n) is 6.12. The quantitative estimate of drug-likeness (QED) is 0.557. The molecule has 2 rings (SSSR count). The average Bonchev–Trinajstić information content (AvgIpc) is 2.87. The van der Waals surface area contributed by atoms with Crippen LogP contribution in [0.15, 0.2) is 0 Å². The molecule has 0 aromatic rings. The first-order chi connectivity index (χ1) is 7.37.